The highest BCUT2D eigenvalue weighted by Gasteiger charge is 2.32. The van der Waals surface area contributed by atoms with E-state index < -0.39 is 5.97 Å². The number of rotatable bonds is 2. The number of aliphatic carboxylic acids is 1. The molecule has 2 rings (SSSR count). The number of hydrogen-bond acceptors (Lipinski definition) is 3. The number of carbonyl (C=O) groups is 1. The Bertz CT molecular complexity index is 232. The maximum absolute atomic E-state index is 10.8. The Hall–Kier alpha value is -0.610. The lowest BCUT2D eigenvalue weighted by Crippen LogP contribution is -2.45. The van der Waals surface area contributed by atoms with Gasteiger partial charge in [0.25, 0.3) is 0 Å². The average Bonchev–Trinajstić information content (AvgIpc) is 2.41. The van der Waals surface area contributed by atoms with Gasteiger partial charge in [0.15, 0.2) is 0 Å². The van der Waals surface area contributed by atoms with Gasteiger partial charge in [-0.1, -0.05) is 12.8 Å². The predicted molar refractivity (Wildman–Crippen MR) is 55.8 cm³/mol. The molecule has 2 fully saturated rings. The van der Waals surface area contributed by atoms with Gasteiger partial charge in [0.1, 0.15) is 0 Å². The normalized spacial score (nSPS) is 33.1. The fourth-order valence-electron chi connectivity index (χ4n) is 2.82. The molecule has 0 amide bonds. The van der Waals surface area contributed by atoms with Gasteiger partial charge < -0.3 is 9.84 Å². The Balaban J connectivity index is 2.02. The molecule has 2 atom stereocenters. The van der Waals surface area contributed by atoms with Gasteiger partial charge in [-0.3, -0.25) is 9.69 Å². The molecule has 1 N–H and O–H groups in total. The maximum Gasteiger partial charge on any atom is 0.317 e. The minimum atomic E-state index is -0.721. The second kappa shape index (κ2) is 4.94. The molecular formula is C11H19NO3. The zero-order valence-electron chi connectivity index (χ0n) is 9.02. The first kappa shape index (κ1) is 10.9. The number of ether oxygens (including phenoxy) is 1. The first-order chi connectivity index (χ1) is 7.27. The van der Waals surface area contributed by atoms with Crippen LogP contribution >= 0.6 is 0 Å². The van der Waals surface area contributed by atoms with Crippen molar-refractivity contribution in [3.05, 3.63) is 0 Å². The van der Waals surface area contributed by atoms with E-state index in [0.29, 0.717) is 18.6 Å². The van der Waals surface area contributed by atoms with Gasteiger partial charge in [0, 0.05) is 12.6 Å². The van der Waals surface area contributed by atoms with Crippen molar-refractivity contribution in [2.75, 3.05) is 26.3 Å². The van der Waals surface area contributed by atoms with E-state index in [1.54, 1.807) is 0 Å². The lowest BCUT2D eigenvalue weighted by Gasteiger charge is -2.36. The van der Waals surface area contributed by atoms with Crippen LogP contribution in [0.4, 0.5) is 0 Å². The van der Waals surface area contributed by atoms with E-state index in [0.717, 1.165) is 19.6 Å². The van der Waals surface area contributed by atoms with Gasteiger partial charge in [-0.2, -0.15) is 0 Å². The zero-order valence-corrected chi connectivity index (χ0v) is 9.02. The molecule has 1 aliphatic carbocycles. The molecule has 86 valence electrons. The minimum Gasteiger partial charge on any atom is -0.480 e. The molecule has 0 aromatic rings. The molecule has 1 aliphatic heterocycles. The molecule has 0 radical (unpaired) electrons. The molecule has 1 saturated carbocycles. The third-order valence-corrected chi connectivity index (χ3v) is 3.53. The van der Waals surface area contributed by atoms with E-state index in [9.17, 15) is 4.79 Å². The van der Waals surface area contributed by atoms with Gasteiger partial charge in [-0.15, -0.1) is 0 Å². The van der Waals surface area contributed by atoms with Crippen LogP contribution in [0.5, 0.6) is 0 Å². The smallest absolute Gasteiger partial charge is 0.317 e. The highest BCUT2D eigenvalue weighted by molar-refractivity contribution is 5.69. The Labute approximate surface area is 90.2 Å². The largest absolute Gasteiger partial charge is 0.480 e. The van der Waals surface area contributed by atoms with Gasteiger partial charge in [-0.25, -0.2) is 0 Å². The monoisotopic (exact) mass is 213 g/mol. The van der Waals surface area contributed by atoms with Gasteiger partial charge in [-0.05, 0) is 18.8 Å². The molecule has 1 heterocycles. The Kier molecular flexibility index (Phi) is 3.59. The summed E-state index contributed by atoms with van der Waals surface area (Å²) >= 11 is 0. The lowest BCUT2D eigenvalue weighted by atomic mass is 9.84. The second-order valence-corrected chi connectivity index (χ2v) is 4.55. The lowest BCUT2D eigenvalue weighted by molar-refractivity contribution is -0.139. The third-order valence-electron chi connectivity index (χ3n) is 3.53. The summed E-state index contributed by atoms with van der Waals surface area (Å²) in [6.07, 6.45) is 4.84. The van der Waals surface area contributed by atoms with Crippen LogP contribution < -0.4 is 0 Å². The molecule has 4 heteroatoms. The molecule has 0 aromatic heterocycles. The maximum atomic E-state index is 10.8. The number of carboxylic acid groups (broad SMARTS) is 1. The molecule has 1 saturated heterocycles. The van der Waals surface area contributed by atoms with Crippen molar-refractivity contribution < 1.29 is 14.6 Å². The van der Waals surface area contributed by atoms with Crippen LogP contribution in [-0.2, 0) is 9.53 Å². The molecule has 15 heavy (non-hydrogen) atoms. The minimum absolute atomic E-state index is 0.171. The number of fused-ring (bicyclic) bond motifs is 1. The fourth-order valence-corrected chi connectivity index (χ4v) is 2.82. The Morgan fingerprint density at radius 3 is 3.00 bits per heavy atom. The van der Waals surface area contributed by atoms with Crippen LogP contribution in [0, 0.1) is 5.92 Å². The van der Waals surface area contributed by atoms with Crippen molar-refractivity contribution in [2.24, 2.45) is 5.92 Å². The predicted octanol–water partition coefficient (Wildman–Crippen LogP) is 0.962. The van der Waals surface area contributed by atoms with E-state index in [1.165, 1.54) is 19.3 Å². The zero-order chi connectivity index (χ0) is 10.7. The molecule has 0 bridgehead atoms. The third kappa shape index (κ3) is 2.69. The van der Waals surface area contributed by atoms with Crippen LogP contribution in [0.3, 0.4) is 0 Å². The van der Waals surface area contributed by atoms with Crippen LogP contribution in [0.25, 0.3) is 0 Å². The summed E-state index contributed by atoms with van der Waals surface area (Å²) in [5.41, 5.74) is 0. The van der Waals surface area contributed by atoms with Crippen LogP contribution in [-0.4, -0.2) is 48.3 Å². The second-order valence-electron chi connectivity index (χ2n) is 4.55. The molecule has 2 aliphatic rings. The summed E-state index contributed by atoms with van der Waals surface area (Å²) in [6, 6.07) is 0.442. The van der Waals surface area contributed by atoms with E-state index in [-0.39, 0.29) is 6.54 Å². The summed E-state index contributed by atoms with van der Waals surface area (Å²) < 4.78 is 5.54. The van der Waals surface area contributed by atoms with Gasteiger partial charge >= 0.3 is 5.97 Å². The van der Waals surface area contributed by atoms with E-state index in [2.05, 4.69) is 4.90 Å². The number of carboxylic acids is 1. The summed E-state index contributed by atoms with van der Waals surface area (Å²) in [4.78, 5) is 12.9. The van der Waals surface area contributed by atoms with Gasteiger partial charge in [0.05, 0.1) is 19.8 Å². The molecular weight excluding hydrogens is 194 g/mol. The summed E-state index contributed by atoms with van der Waals surface area (Å²) in [5.74, 6) is -0.165. The van der Waals surface area contributed by atoms with Crippen molar-refractivity contribution in [2.45, 2.75) is 31.7 Å². The van der Waals surface area contributed by atoms with E-state index >= 15 is 0 Å². The van der Waals surface area contributed by atoms with Crippen LogP contribution in [0.1, 0.15) is 25.7 Å². The van der Waals surface area contributed by atoms with E-state index in [1.807, 2.05) is 0 Å². The van der Waals surface area contributed by atoms with Crippen LogP contribution in [0.2, 0.25) is 0 Å². The quantitative estimate of drug-likeness (QED) is 0.742. The molecule has 0 aromatic carbocycles. The first-order valence-electron chi connectivity index (χ1n) is 5.81. The summed E-state index contributed by atoms with van der Waals surface area (Å²) in [5, 5.41) is 8.87. The molecule has 0 spiro atoms. The van der Waals surface area contributed by atoms with Crippen molar-refractivity contribution in [3.63, 3.8) is 0 Å². The average molecular weight is 213 g/mol. The van der Waals surface area contributed by atoms with Crippen LogP contribution in [0.15, 0.2) is 0 Å². The summed E-state index contributed by atoms with van der Waals surface area (Å²) in [6.45, 7) is 2.44. The van der Waals surface area contributed by atoms with Crippen molar-refractivity contribution in [1.29, 1.82) is 0 Å². The fraction of sp³-hybridized carbons (Fsp3) is 0.909. The highest BCUT2D eigenvalue weighted by Crippen LogP contribution is 2.30. The highest BCUT2D eigenvalue weighted by atomic mass is 16.5. The molecule has 0 unspecified atom stereocenters. The number of hydrogen-bond donors (Lipinski definition) is 1. The molecule has 4 nitrogen and oxygen atoms in total. The first-order valence-corrected chi connectivity index (χ1v) is 5.81. The van der Waals surface area contributed by atoms with E-state index in [4.69, 9.17) is 9.84 Å². The van der Waals surface area contributed by atoms with Crippen molar-refractivity contribution in [3.8, 4) is 0 Å². The number of nitrogens with zero attached hydrogens (tertiary/aromatic N) is 1. The summed E-state index contributed by atoms with van der Waals surface area (Å²) in [7, 11) is 0. The Morgan fingerprint density at radius 2 is 2.20 bits per heavy atom. The Morgan fingerprint density at radius 1 is 1.40 bits per heavy atom. The topological polar surface area (TPSA) is 49.8 Å². The van der Waals surface area contributed by atoms with Crippen molar-refractivity contribution >= 4 is 5.97 Å². The standard InChI is InChI=1S/C11H19NO3/c13-11(14)7-12-5-6-15-8-9-3-1-2-4-10(9)12/h9-10H,1-8H2,(H,13,14)/t9-,10+/m1/s1. The SMILES string of the molecule is O=C(O)CN1CCOC[C@H]2CCCC[C@@H]21. The van der Waals surface area contributed by atoms with Crippen molar-refractivity contribution in [1.82, 2.24) is 4.90 Å². The van der Waals surface area contributed by atoms with Gasteiger partial charge in [0.2, 0.25) is 0 Å².